The first kappa shape index (κ1) is 10.7. The molecule has 1 aliphatic carbocycles. The van der Waals surface area contributed by atoms with Gasteiger partial charge in [0.15, 0.2) is 0 Å². The van der Waals surface area contributed by atoms with E-state index in [-0.39, 0.29) is 5.54 Å². The largest absolute Gasteiger partial charge is 0.325 e. The van der Waals surface area contributed by atoms with Crippen LogP contribution in [0.1, 0.15) is 50.5 Å². The van der Waals surface area contributed by atoms with Gasteiger partial charge in [0.2, 0.25) is 0 Å². The summed E-state index contributed by atoms with van der Waals surface area (Å²) in [6.07, 6.45) is 6.00. The van der Waals surface area contributed by atoms with E-state index in [1.807, 2.05) is 0 Å². The minimum atomic E-state index is 0.130. The van der Waals surface area contributed by atoms with Crippen LogP contribution in [0, 0.1) is 0 Å². The average molecular weight is 203 g/mol. The van der Waals surface area contributed by atoms with Gasteiger partial charge >= 0.3 is 0 Å². The van der Waals surface area contributed by atoms with Crippen LogP contribution in [-0.2, 0) is 0 Å². The third-order valence-corrected chi connectivity index (χ3v) is 3.96. The van der Waals surface area contributed by atoms with Gasteiger partial charge in [0, 0.05) is 5.54 Å². The van der Waals surface area contributed by atoms with Gasteiger partial charge in [-0.15, -0.1) is 0 Å². The molecule has 2 N–H and O–H groups in total. The molecule has 0 spiro atoms. The average Bonchev–Trinajstić information content (AvgIpc) is 2.31. The molecule has 0 bridgehead atoms. The molecule has 0 atom stereocenters. The quantitative estimate of drug-likeness (QED) is 0.782. The summed E-state index contributed by atoms with van der Waals surface area (Å²) in [5, 5.41) is 0. The zero-order chi connectivity index (χ0) is 10.7. The van der Waals surface area contributed by atoms with E-state index >= 15 is 0 Å². The van der Waals surface area contributed by atoms with Crippen molar-refractivity contribution < 1.29 is 0 Å². The molecule has 1 aliphatic rings. The molecule has 0 saturated heterocycles. The molecule has 1 nitrogen and oxygen atoms in total. The first-order chi connectivity index (χ1) is 7.23. The van der Waals surface area contributed by atoms with Crippen molar-refractivity contribution in [1.82, 2.24) is 0 Å². The Kier molecular flexibility index (Phi) is 3.11. The second-order valence-corrected chi connectivity index (χ2v) is 4.90. The van der Waals surface area contributed by atoms with E-state index in [1.54, 1.807) is 0 Å². The van der Waals surface area contributed by atoms with Gasteiger partial charge in [0.1, 0.15) is 0 Å². The molecule has 0 heterocycles. The number of benzene rings is 1. The highest BCUT2D eigenvalue weighted by molar-refractivity contribution is 5.20. The van der Waals surface area contributed by atoms with E-state index in [1.165, 1.54) is 31.2 Å². The summed E-state index contributed by atoms with van der Waals surface area (Å²) in [5.41, 5.74) is 7.92. The van der Waals surface area contributed by atoms with Crippen LogP contribution < -0.4 is 5.73 Å². The van der Waals surface area contributed by atoms with Gasteiger partial charge in [-0.05, 0) is 43.6 Å². The highest BCUT2D eigenvalue weighted by Crippen LogP contribution is 2.37. The molecule has 82 valence electrons. The molecule has 0 aromatic heterocycles. The van der Waals surface area contributed by atoms with Crippen LogP contribution in [0.25, 0.3) is 0 Å². The molecule has 1 saturated carbocycles. The molecule has 1 heteroatoms. The van der Waals surface area contributed by atoms with Crippen molar-refractivity contribution in [3.63, 3.8) is 0 Å². The predicted octanol–water partition coefficient (Wildman–Crippen LogP) is 3.45. The van der Waals surface area contributed by atoms with Crippen molar-refractivity contribution in [3.8, 4) is 0 Å². The fourth-order valence-corrected chi connectivity index (χ4v) is 2.60. The summed E-state index contributed by atoms with van der Waals surface area (Å²) in [7, 11) is 0. The molecular weight excluding hydrogens is 182 g/mol. The van der Waals surface area contributed by atoms with Crippen molar-refractivity contribution >= 4 is 0 Å². The van der Waals surface area contributed by atoms with E-state index in [0.29, 0.717) is 0 Å². The van der Waals surface area contributed by atoms with Crippen LogP contribution in [-0.4, -0.2) is 5.54 Å². The third kappa shape index (κ3) is 2.40. The van der Waals surface area contributed by atoms with E-state index < -0.39 is 0 Å². The van der Waals surface area contributed by atoms with Crippen LogP contribution in [0.5, 0.6) is 0 Å². The Morgan fingerprint density at radius 1 is 1.20 bits per heavy atom. The zero-order valence-corrected chi connectivity index (χ0v) is 9.58. The van der Waals surface area contributed by atoms with E-state index in [9.17, 15) is 0 Å². The van der Waals surface area contributed by atoms with Crippen LogP contribution in [0.15, 0.2) is 30.3 Å². The first-order valence-electron chi connectivity index (χ1n) is 6.07. The first-order valence-corrected chi connectivity index (χ1v) is 6.07. The second-order valence-electron chi connectivity index (χ2n) is 4.90. The molecule has 15 heavy (non-hydrogen) atoms. The lowest BCUT2D eigenvalue weighted by Crippen LogP contribution is -2.42. The summed E-state index contributed by atoms with van der Waals surface area (Å²) >= 11 is 0. The van der Waals surface area contributed by atoms with Crippen molar-refractivity contribution in [3.05, 3.63) is 35.9 Å². The number of nitrogens with two attached hydrogens (primary N) is 1. The van der Waals surface area contributed by atoms with Crippen molar-refractivity contribution in [2.75, 3.05) is 0 Å². The predicted molar refractivity (Wildman–Crippen MR) is 64.9 cm³/mol. The molecule has 1 fully saturated rings. The Labute approximate surface area is 92.7 Å². The summed E-state index contributed by atoms with van der Waals surface area (Å²) in [4.78, 5) is 0. The Morgan fingerprint density at radius 2 is 1.80 bits per heavy atom. The molecule has 0 unspecified atom stereocenters. The maximum absolute atomic E-state index is 6.30. The summed E-state index contributed by atoms with van der Waals surface area (Å²) in [6.45, 7) is 2.21. The molecular formula is C14H21N. The summed E-state index contributed by atoms with van der Waals surface area (Å²) in [5.74, 6) is 0.745. The fraction of sp³-hybridized carbons (Fsp3) is 0.571. The van der Waals surface area contributed by atoms with Gasteiger partial charge in [0.05, 0.1) is 0 Å². The fourth-order valence-electron chi connectivity index (χ4n) is 2.60. The normalized spacial score (nSPS) is 31.5. The van der Waals surface area contributed by atoms with Gasteiger partial charge in [-0.2, -0.15) is 0 Å². The summed E-state index contributed by atoms with van der Waals surface area (Å²) < 4.78 is 0. The van der Waals surface area contributed by atoms with Crippen LogP contribution in [0.3, 0.4) is 0 Å². The van der Waals surface area contributed by atoms with E-state index in [2.05, 4.69) is 37.3 Å². The van der Waals surface area contributed by atoms with Gasteiger partial charge in [-0.3, -0.25) is 0 Å². The zero-order valence-electron chi connectivity index (χ0n) is 9.58. The Balaban J connectivity index is 2.00. The highest BCUT2D eigenvalue weighted by Gasteiger charge is 2.30. The Bertz CT molecular complexity index is 296. The molecule has 1 aromatic carbocycles. The van der Waals surface area contributed by atoms with Crippen LogP contribution in [0.2, 0.25) is 0 Å². The summed E-state index contributed by atoms with van der Waals surface area (Å²) in [6, 6.07) is 10.9. The second kappa shape index (κ2) is 4.36. The molecule has 2 rings (SSSR count). The van der Waals surface area contributed by atoms with Crippen molar-refractivity contribution in [2.24, 2.45) is 5.73 Å². The lowest BCUT2D eigenvalue weighted by atomic mass is 9.73. The molecule has 0 aliphatic heterocycles. The van der Waals surface area contributed by atoms with Crippen LogP contribution in [0.4, 0.5) is 0 Å². The van der Waals surface area contributed by atoms with E-state index in [4.69, 9.17) is 5.73 Å². The molecule has 1 aromatic rings. The smallest absolute Gasteiger partial charge is 0.0152 e. The van der Waals surface area contributed by atoms with Gasteiger partial charge in [-0.25, -0.2) is 0 Å². The maximum Gasteiger partial charge on any atom is 0.0152 e. The maximum atomic E-state index is 6.30. The number of hydrogen-bond acceptors (Lipinski definition) is 1. The van der Waals surface area contributed by atoms with E-state index in [0.717, 1.165) is 12.3 Å². The van der Waals surface area contributed by atoms with Gasteiger partial charge < -0.3 is 5.73 Å². The minimum Gasteiger partial charge on any atom is -0.325 e. The van der Waals surface area contributed by atoms with Crippen LogP contribution >= 0.6 is 0 Å². The number of hydrogen-bond donors (Lipinski definition) is 1. The Morgan fingerprint density at radius 3 is 2.33 bits per heavy atom. The number of rotatable bonds is 2. The molecule has 0 radical (unpaired) electrons. The third-order valence-electron chi connectivity index (χ3n) is 3.96. The minimum absolute atomic E-state index is 0.130. The lowest BCUT2D eigenvalue weighted by Gasteiger charge is -2.36. The Hall–Kier alpha value is -0.820. The van der Waals surface area contributed by atoms with Gasteiger partial charge in [-0.1, -0.05) is 37.3 Å². The topological polar surface area (TPSA) is 26.0 Å². The molecule has 0 amide bonds. The van der Waals surface area contributed by atoms with Crippen molar-refractivity contribution in [1.29, 1.82) is 0 Å². The monoisotopic (exact) mass is 203 g/mol. The highest BCUT2D eigenvalue weighted by atomic mass is 14.7. The lowest BCUT2D eigenvalue weighted by molar-refractivity contribution is 0.265. The standard InChI is InChI=1S/C14H21N/c1-2-14(15)10-8-13(9-11-14)12-6-4-3-5-7-12/h3-7,13H,2,8-11,15H2,1H3. The SMILES string of the molecule is CCC1(N)CCC(c2ccccc2)CC1. The van der Waals surface area contributed by atoms with Gasteiger partial charge in [0.25, 0.3) is 0 Å². The van der Waals surface area contributed by atoms with Crippen molar-refractivity contribution in [2.45, 2.75) is 50.5 Å².